The molecule has 0 aliphatic carbocycles. The van der Waals surface area contributed by atoms with Gasteiger partial charge in [-0.1, -0.05) is 64.3 Å². The van der Waals surface area contributed by atoms with Crippen LogP contribution in [0.3, 0.4) is 0 Å². The van der Waals surface area contributed by atoms with Crippen molar-refractivity contribution in [2.45, 2.75) is 202 Å². The van der Waals surface area contributed by atoms with Crippen molar-refractivity contribution in [1.29, 1.82) is 0 Å². The van der Waals surface area contributed by atoms with E-state index in [0.29, 0.717) is 12.3 Å². The van der Waals surface area contributed by atoms with Crippen molar-refractivity contribution in [3.05, 3.63) is 60.2 Å². The Balaban J connectivity index is 0.794. The van der Waals surface area contributed by atoms with Crippen molar-refractivity contribution in [3.63, 3.8) is 0 Å². The first kappa shape index (κ1) is 39.7. The molecule has 9 fully saturated rings. The van der Waals surface area contributed by atoms with Gasteiger partial charge >= 0.3 is 0 Å². The number of hydrogen-bond donors (Lipinski definition) is 2. The Morgan fingerprint density at radius 3 is 2.36 bits per heavy atom. The van der Waals surface area contributed by atoms with Gasteiger partial charge in [-0.3, -0.25) is 0 Å². The maximum atomic E-state index is 10.3. The maximum Gasteiger partial charge on any atom is 0.172 e. The molecule has 56 heavy (non-hydrogen) atoms. The van der Waals surface area contributed by atoms with Crippen molar-refractivity contribution in [2.75, 3.05) is 6.61 Å². The molecule has 0 amide bonds. The van der Waals surface area contributed by atoms with E-state index in [9.17, 15) is 10.2 Å². The molecule has 19 atom stereocenters. The lowest BCUT2D eigenvalue weighted by atomic mass is 9.79. The Labute approximate surface area is 333 Å². The first-order valence-corrected chi connectivity index (χ1v) is 22.1. The Kier molecular flexibility index (Phi) is 11.6. The van der Waals surface area contributed by atoms with E-state index in [4.69, 9.17) is 37.9 Å². The van der Waals surface area contributed by atoms with Gasteiger partial charge in [0.25, 0.3) is 0 Å². The second-order valence-electron chi connectivity index (χ2n) is 18.7. The molecule has 9 aliphatic heterocycles. The summed E-state index contributed by atoms with van der Waals surface area (Å²) in [6, 6.07) is 10.6. The summed E-state index contributed by atoms with van der Waals surface area (Å²) in [5, 5.41) is 19.9. The lowest BCUT2D eigenvalue weighted by Gasteiger charge is -2.47. The van der Waals surface area contributed by atoms with Crippen molar-refractivity contribution in [1.82, 2.24) is 0 Å². The summed E-state index contributed by atoms with van der Waals surface area (Å²) in [6.45, 7) is 15.4. The zero-order chi connectivity index (χ0) is 38.7. The summed E-state index contributed by atoms with van der Waals surface area (Å²) in [6.07, 6.45) is 9.80. The van der Waals surface area contributed by atoms with Gasteiger partial charge in [0, 0.05) is 25.7 Å². The molecular formula is C46H66O10. The second kappa shape index (κ2) is 16.4. The van der Waals surface area contributed by atoms with Crippen molar-refractivity contribution >= 4 is 0 Å². The van der Waals surface area contributed by atoms with Crippen LogP contribution in [0.15, 0.2) is 54.6 Å². The second-order valence-corrected chi connectivity index (χ2v) is 18.7. The van der Waals surface area contributed by atoms with Crippen LogP contribution >= 0.6 is 0 Å². The topological polar surface area (TPSA) is 114 Å². The number of aliphatic hydroxyl groups is 2. The predicted molar refractivity (Wildman–Crippen MR) is 209 cm³/mol. The first-order valence-electron chi connectivity index (χ1n) is 22.1. The predicted octanol–water partition coefficient (Wildman–Crippen LogP) is 6.38. The fourth-order valence-corrected chi connectivity index (χ4v) is 11.7. The van der Waals surface area contributed by atoms with E-state index in [0.717, 1.165) is 88.2 Å². The van der Waals surface area contributed by atoms with E-state index in [1.807, 2.05) is 6.07 Å². The average molecular weight is 779 g/mol. The molecule has 0 aromatic heterocycles. The molecule has 0 saturated carbocycles. The molecule has 310 valence electrons. The molecule has 10 nitrogen and oxygen atoms in total. The molecule has 0 spiro atoms. The monoisotopic (exact) mass is 778 g/mol. The van der Waals surface area contributed by atoms with Crippen LogP contribution in [-0.4, -0.2) is 114 Å². The maximum absolute atomic E-state index is 10.3. The molecule has 9 saturated heterocycles. The highest BCUT2D eigenvalue weighted by atomic mass is 16.8. The van der Waals surface area contributed by atoms with Gasteiger partial charge in [-0.2, -0.15) is 0 Å². The number of ether oxygens (including phenoxy) is 8. The van der Waals surface area contributed by atoms with Gasteiger partial charge in [0.15, 0.2) is 5.79 Å². The number of rotatable bonds is 14. The molecule has 9 heterocycles. The third-order valence-electron chi connectivity index (χ3n) is 15.0. The Hall–Kier alpha value is -1.70. The standard InChI is InChI=1S/C46H66O10/c1-6-31-12-15-36-41(51-31)45-44-43(53-36)42-40(54-44)23-46(55-42,56-45)17-16-33-19-26(3)35(49-33)14-13-32-18-25(2)27(4)38(50-32)22-39-34(20-29-10-8-7-9-11-29)28(5)37(52-39)21-30(48)24-47/h7-11,25,28,30-45,47-48H,3-4,6,12-24H2,1-2,5H3/t25-,28-,30+,31+,32+,33+,34-,35?,36+,37-,38?,39+,40-,41+,42?,43+,44-,45+,46+/m1/s1. The molecular weight excluding hydrogens is 712 g/mol. The van der Waals surface area contributed by atoms with Crippen LogP contribution in [0.25, 0.3) is 0 Å². The van der Waals surface area contributed by atoms with Crippen LogP contribution in [0, 0.1) is 17.8 Å². The first-order chi connectivity index (χ1) is 27.1. The summed E-state index contributed by atoms with van der Waals surface area (Å²) in [5.74, 6) is 0.150. The number of aliphatic hydroxyl groups excluding tert-OH is 2. The van der Waals surface area contributed by atoms with Gasteiger partial charge in [0.2, 0.25) is 0 Å². The van der Waals surface area contributed by atoms with Crippen LogP contribution in [0.4, 0.5) is 0 Å². The van der Waals surface area contributed by atoms with Gasteiger partial charge < -0.3 is 48.1 Å². The number of benzene rings is 1. The van der Waals surface area contributed by atoms with Crippen LogP contribution in [0.1, 0.15) is 103 Å². The Morgan fingerprint density at radius 2 is 1.55 bits per heavy atom. The van der Waals surface area contributed by atoms with E-state index in [1.165, 1.54) is 5.56 Å². The minimum atomic E-state index is -0.785. The highest BCUT2D eigenvalue weighted by molar-refractivity contribution is 5.18. The lowest BCUT2D eigenvalue weighted by Crippen LogP contribution is -2.61. The van der Waals surface area contributed by atoms with Gasteiger partial charge in [0.1, 0.15) is 30.5 Å². The largest absolute Gasteiger partial charge is 0.394 e. The highest BCUT2D eigenvalue weighted by Gasteiger charge is 2.68. The number of hydrogen-bond acceptors (Lipinski definition) is 10. The van der Waals surface area contributed by atoms with E-state index >= 15 is 0 Å². The van der Waals surface area contributed by atoms with E-state index in [2.05, 4.69) is 58.2 Å². The number of fused-ring (bicyclic) bond motifs is 1. The van der Waals surface area contributed by atoms with E-state index in [1.54, 1.807) is 0 Å². The molecule has 1 aromatic rings. The fourth-order valence-electron chi connectivity index (χ4n) is 11.7. The lowest BCUT2D eigenvalue weighted by molar-refractivity contribution is -0.292. The zero-order valence-electron chi connectivity index (χ0n) is 33.8. The quantitative estimate of drug-likeness (QED) is 0.206. The molecule has 9 aliphatic rings. The van der Waals surface area contributed by atoms with Crippen molar-refractivity contribution < 1.29 is 48.1 Å². The fraction of sp³-hybridized carbons (Fsp3) is 0.783. The molecule has 10 heteroatoms. The Bertz CT molecular complexity index is 1540. The molecule has 10 rings (SSSR count). The molecule has 2 N–H and O–H groups in total. The van der Waals surface area contributed by atoms with Crippen LogP contribution in [0.5, 0.6) is 0 Å². The minimum absolute atomic E-state index is 0.00101. The van der Waals surface area contributed by atoms with Crippen LogP contribution in [-0.2, 0) is 44.3 Å². The van der Waals surface area contributed by atoms with Gasteiger partial charge in [-0.25, -0.2) is 0 Å². The van der Waals surface area contributed by atoms with Crippen LogP contribution < -0.4 is 0 Å². The highest BCUT2D eigenvalue weighted by Crippen LogP contribution is 2.54. The summed E-state index contributed by atoms with van der Waals surface area (Å²) in [4.78, 5) is 0. The summed E-state index contributed by atoms with van der Waals surface area (Å²) in [7, 11) is 0. The minimum Gasteiger partial charge on any atom is -0.394 e. The third kappa shape index (κ3) is 7.75. The SMILES string of the molecule is C=C1C[C@H](CC[C@@]23C[C@H]4O[C@H]5[C@@H](O2)[C@H]2O[C@@H](CC)CC[C@@H]2O[C@H]5C4O3)OC1CC[C@H]1C[C@@H](C)C(=C)C(C[C@@H]2O[C@H](C[C@H](O)CO)[C@H](C)[C@H]2Cc2ccccc2)O1. The van der Waals surface area contributed by atoms with E-state index < -0.39 is 11.9 Å². The van der Waals surface area contributed by atoms with Gasteiger partial charge in [-0.15, -0.1) is 0 Å². The molecule has 0 radical (unpaired) electrons. The summed E-state index contributed by atoms with van der Waals surface area (Å²) in [5.41, 5.74) is 3.59. The van der Waals surface area contributed by atoms with Gasteiger partial charge in [-0.05, 0) is 92.3 Å². The summed E-state index contributed by atoms with van der Waals surface area (Å²) >= 11 is 0. The average Bonchev–Trinajstić information content (AvgIpc) is 3.87. The summed E-state index contributed by atoms with van der Waals surface area (Å²) < 4.78 is 53.8. The zero-order valence-corrected chi connectivity index (χ0v) is 33.8. The van der Waals surface area contributed by atoms with E-state index in [-0.39, 0.29) is 104 Å². The normalized spacial score (nSPS) is 47.3. The molecule has 1 aromatic carbocycles. The van der Waals surface area contributed by atoms with Gasteiger partial charge in [0.05, 0.1) is 67.6 Å². The smallest absolute Gasteiger partial charge is 0.172 e. The molecule has 6 bridgehead atoms. The molecule has 3 unspecified atom stereocenters. The third-order valence-corrected chi connectivity index (χ3v) is 15.0. The Morgan fingerprint density at radius 1 is 0.786 bits per heavy atom. The van der Waals surface area contributed by atoms with Crippen LogP contribution in [0.2, 0.25) is 0 Å². The van der Waals surface area contributed by atoms with Crippen molar-refractivity contribution in [3.8, 4) is 0 Å². The van der Waals surface area contributed by atoms with Crippen molar-refractivity contribution in [2.24, 2.45) is 17.8 Å².